The summed E-state index contributed by atoms with van der Waals surface area (Å²) in [4.78, 5) is -0.272. The summed E-state index contributed by atoms with van der Waals surface area (Å²) in [6.07, 6.45) is 1.33. The van der Waals surface area contributed by atoms with Gasteiger partial charge in [0, 0.05) is 0 Å². The SMILES string of the molecule is COc1cc(/C=C(\C#N)S(=O)(=O)c2ccccc2)ccc1OCc1ccccc1. The normalized spacial score (nSPS) is 11.5. The molecular formula is C23H19NO4S. The van der Waals surface area contributed by atoms with Crippen LogP contribution in [0.4, 0.5) is 0 Å². The van der Waals surface area contributed by atoms with Crippen molar-refractivity contribution < 1.29 is 17.9 Å². The number of hydrogen-bond donors (Lipinski definition) is 0. The predicted octanol–water partition coefficient (Wildman–Crippen LogP) is 4.61. The Morgan fingerprint density at radius 1 is 0.966 bits per heavy atom. The Bertz CT molecular complexity index is 1150. The lowest BCUT2D eigenvalue weighted by atomic mass is 10.2. The number of hydrogen-bond acceptors (Lipinski definition) is 5. The smallest absolute Gasteiger partial charge is 0.216 e. The fraction of sp³-hybridized carbons (Fsp3) is 0.0870. The van der Waals surface area contributed by atoms with Crippen LogP contribution in [0.5, 0.6) is 11.5 Å². The van der Waals surface area contributed by atoms with E-state index in [0.29, 0.717) is 23.7 Å². The van der Waals surface area contributed by atoms with Gasteiger partial charge in [-0.1, -0.05) is 54.6 Å². The Labute approximate surface area is 170 Å². The third kappa shape index (κ3) is 4.84. The molecule has 29 heavy (non-hydrogen) atoms. The standard InChI is InChI=1S/C23H19NO4S/c1-27-23-15-19(12-13-22(23)28-17-18-8-4-2-5-9-18)14-21(16-24)29(25,26)20-10-6-3-7-11-20/h2-15H,17H2,1H3/b21-14+. The number of sulfone groups is 1. The lowest BCUT2D eigenvalue weighted by Gasteiger charge is -2.11. The quantitative estimate of drug-likeness (QED) is 0.537. The Morgan fingerprint density at radius 2 is 1.62 bits per heavy atom. The Balaban J connectivity index is 1.87. The van der Waals surface area contributed by atoms with Crippen LogP contribution in [0.15, 0.2) is 88.7 Å². The lowest BCUT2D eigenvalue weighted by molar-refractivity contribution is 0.284. The minimum Gasteiger partial charge on any atom is -0.493 e. The van der Waals surface area contributed by atoms with Crippen LogP contribution in [-0.4, -0.2) is 15.5 Å². The highest BCUT2D eigenvalue weighted by Gasteiger charge is 2.20. The monoisotopic (exact) mass is 405 g/mol. The minimum atomic E-state index is -3.90. The molecule has 0 amide bonds. The molecule has 3 aromatic rings. The summed E-state index contributed by atoms with van der Waals surface area (Å²) < 4.78 is 36.6. The van der Waals surface area contributed by atoms with Crippen molar-refractivity contribution in [2.24, 2.45) is 0 Å². The molecule has 0 N–H and O–H groups in total. The summed E-state index contributed by atoms with van der Waals surface area (Å²) in [6, 6.07) is 24.4. The van der Waals surface area contributed by atoms with E-state index in [2.05, 4.69) is 0 Å². The van der Waals surface area contributed by atoms with Crippen molar-refractivity contribution >= 4 is 15.9 Å². The number of methoxy groups -OCH3 is 1. The fourth-order valence-corrected chi connectivity index (χ4v) is 3.86. The molecule has 5 nitrogen and oxygen atoms in total. The maximum Gasteiger partial charge on any atom is 0.216 e. The number of nitriles is 1. The Kier molecular flexibility index (Phi) is 6.32. The van der Waals surface area contributed by atoms with Gasteiger partial charge in [0.05, 0.1) is 12.0 Å². The van der Waals surface area contributed by atoms with E-state index in [0.717, 1.165) is 5.56 Å². The number of ether oxygens (including phenoxy) is 2. The van der Waals surface area contributed by atoms with E-state index in [4.69, 9.17) is 9.47 Å². The zero-order valence-corrected chi connectivity index (χ0v) is 16.6. The first kappa shape index (κ1) is 20.2. The van der Waals surface area contributed by atoms with Gasteiger partial charge >= 0.3 is 0 Å². The molecule has 0 radical (unpaired) electrons. The molecular weight excluding hydrogens is 386 g/mol. The minimum absolute atomic E-state index is 0.0718. The molecule has 3 aromatic carbocycles. The van der Waals surface area contributed by atoms with Gasteiger partial charge in [0.2, 0.25) is 9.84 Å². The van der Waals surface area contributed by atoms with E-state index < -0.39 is 9.84 Å². The second-order valence-electron chi connectivity index (χ2n) is 6.12. The summed E-state index contributed by atoms with van der Waals surface area (Å²) in [5.74, 6) is 0.974. The van der Waals surface area contributed by atoms with E-state index in [1.807, 2.05) is 30.3 Å². The van der Waals surface area contributed by atoms with Gasteiger partial charge in [0.15, 0.2) is 11.5 Å². The van der Waals surface area contributed by atoms with Crippen LogP contribution < -0.4 is 9.47 Å². The number of allylic oxidation sites excluding steroid dienone is 1. The highest BCUT2D eigenvalue weighted by Crippen LogP contribution is 2.30. The maximum atomic E-state index is 12.7. The summed E-state index contributed by atoms with van der Waals surface area (Å²) in [5.41, 5.74) is 1.53. The lowest BCUT2D eigenvalue weighted by Crippen LogP contribution is -2.03. The molecule has 0 bridgehead atoms. The molecule has 0 aliphatic carbocycles. The summed E-state index contributed by atoms with van der Waals surface area (Å²) in [5, 5.41) is 9.42. The van der Waals surface area contributed by atoms with Crippen molar-refractivity contribution in [3.8, 4) is 17.6 Å². The predicted molar refractivity (Wildman–Crippen MR) is 111 cm³/mol. The van der Waals surface area contributed by atoms with Gasteiger partial charge in [-0.25, -0.2) is 8.42 Å². The second-order valence-corrected chi connectivity index (χ2v) is 8.04. The van der Waals surface area contributed by atoms with E-state index >= 15 is 0 Å². The van der Waals surface area contributed by atoms with Crippen molar-refractivity contribution in [3.63, 3.8) is 0 Å². The zero-order valence-electron chi connectivity index (χ0n) is 15.8. The van der Waals surface area contributed by atoms with Crippen LogP contribution in [0.1, 0.15) is 11.1 Å². The average molecular weight is 405 g/mol. The van der Waals surface area contributed by atoms with Crippen molar-refractivity contribution in [2.75, 3.05) is 7.11 Å². The van der Waals surface area contributed by atoms with Gasteiger partial charge < -0.3 is 9.47 Å². The molecule has 0 aliphatic rings. The van der Waals surface area contributed by atoms with Gasteiger partial charge in [-0.3, -0.25) is 0 Å². The molecule has 0 saturated heterocycles. The van der Waals surface area contributed by atoms with Crippen LogP contribution in [0.25, 0.3) is 6.08 Å². The van der Waals surface area contributed by atoms with E-state index in [1.165, 1.54) is 25.3 Å². The van der Waals surface area contributed by atoms with Gasteiger partial charge in [0.1, 0.15) is 17.6 Å². The maximum absolute atomic E-state index is 12.7. The topological polar surface area (TPSA) is 76.4 Å². The van der Waals surface area contributed by atoms with Crippen molar-refractivity contribution in [2.45, 2.75) is 11.5 Å². The number of rotatable bonds is 7. The van der Waals surface area contributed by atoms with Crippen LogP contribution in [0.3, 0.4) is 0 Å². The molecule has 6 heteroatoms. The fourth-order valence-electron chi connectivity index (χ4n) is 2.68. The first-order chi connectivity index (χ1) is 14.0. The number of benzene rings is 3. The second kappa shape index (κ2) is 9.09. The largest absolute Gasteiger partial charge is 0.493 e. The summed E-state index contributed by atoms with van der Waals surface area (Å²) in [6.45, 7) is 0.373. The van der Waals surface area contributed by atoms with Crippen molar-refractivity contribution in [3.05, 3.63) is 94.9 Å². The molecule has 0 heterocycles. The van der Waals surface area contributed by atoms with Gasteiger partial charge in [-0.15, -0.1) is 0 Å². The molecule has 0 aromatic heterocycles. The van der Waals surface area contributed by atoms with Gasteiger partial charge in [-0.2, -0.15) is 5.26 Å². The Hall–Kier alpha value is -3.56. The molecule has 0 unspecified atom stereocenters. The molecule has 0 atom stereocenters. The molecule has 0 saturated carbocycles. The first-order valence-corrected chi connectivity index (χ1v) is 10.3. The van der Waals surface area contributed by atoms with Gasteiger partial charge in [-0.05, 0) is 41.5 Å². The zero-order chi connectivity index (χ0) is 20.7. The molecule has 0 fully saturated rings. The molecule has 0 aliphatic heterocycles. The molecule has 146 valence electrons. The Morgan fingerprint density at radius 3 is 2.24 bits per heavy atom. The third-order valence-corrected chi connectivity index (χ3v) is 5.86. The van der Waals surface area contributed by atoms with Crippen LogP contribution in [0, 0.1) is 11.3 Å². The number of nitrogens with zero attached hydrogens (tertiary/aromatic N) is 1. The first-order valence-electron chi connectivity index (χ1n) is 8.81. The van der Waals surface area contributed by atoms with E-state index in [1.54, 1.807) is 42.5 Å². The van der Waals surface area contributed by atoms with Crippen LogP contribution in [-0.2, 0) is 16.4 Å². The van der Waals surface area contributed by atoms with Crippen molar-refractivity contribution in [1.82, 2.24) is 0 Å². The van der Waals surface area contributed by atoms with Crippen LogP contribution in [0.2, 0.25) is 0 Å². The highest BCUT2D eigenvalue weighted by atomic mass is 32.2. The summed E-state index contributed by atoms with van der Waals surface area (Å²) >= 11 is 0. The highest BCUT2D eigenvalue weighted by molar-refractivity contribution is 7.95. The van der Waals surface area contributed by atoms with Gasteiger partial charge in [0.25, 0.3) is 0 Å². The van der Waals surface area contributed by atoms with E-state index in [-0.39, 0.29) is 9.80 Å². The third-order valence-electron chi connectivity index (χ3n) is 4.18. The summed E-state index contributed by atoms with van der Waals surface area (Å²) in [7, 11) is -2.39. The molecule has 3 rings (SSSR count). The van der Waals surface area contributed by atoms with Crippen LogP contribution >= 0.6 is 0 Å². The molecule has 0 spiro atoms. The van der Waals surface area contributed by atoms with E-state index in [9.17, 15) is 13.7 Å². The average Bonchev–Trinajstić information content (AvgIpc) is 2.77. The van der Waals surface area contributed by atoms with Crippen molar-refractivity contribution in [1.29, 1.82) is 5.26 Å².